The molecule has 9 heteroatoms. The van der Waals surface area contributed by atoms with Crippen LogP contribution >= 0.6 is 0 Å². The second-order valence-electron chi connectivity index (χ2n) is 8.59. The summed E-state index contributed by atoms with van der Waals surface area (Å²) in [6, 6.07) is 7.33. The summed E-state index contributed by atoms with van der Waals surface area (Å²) in [4.78, 5) is 15.3. The van der Waals surface area contributed by atoms with Gasteiger partial charge in [0.15, 0.2) is 5.83 Å². The van der Waals surface area contributed by atoms with Crippen LogP contribution in [0.2, 0.25) is 0 Å². The van der Waals surface area contributed by atoms with Crippen molar-refractivity contribution in [3.63, 3.8) is 0 Å². The molecule has 5 nitrogen and oxygen atoms in total. The van der Waals surface area contributed by atoms with Crippen LogP contribution in [0.5, 0.6) is 5.75 Å². The van der Waals surface area contributed by atoms with Gasteiger partial charge in [-0.3, -0.25) is 4.79 Å². The third kappa shape index (κ3) is 7.34. The molecular weight excluding hydrogens is 476 g/mol. The number of likely N-dealkylation sites (N-methyl/N-ethyl adjacent to an activating group) is 1. The Morgan fingerprint density at radius 1 is 1.19 bits per heavy atom. The van der Waals surface area contributed by atoms with Gasteiger partial charge in [0.2, 0.25) is 0 Å². The smallest absolute Gasteiger partial charge is 0.406 e. The quantitative estimate of drug-likeness (QED) is 0.303. The minimum Gasteiger partial charge on any atom is -0.406 e. The number of alkyl halides is 3. The highest BCUT2D eigenvalue weighted by Gasteiger charge is 2.31. The van der Waals surface area contributed by atoms with Crippen molar-refractivity contribution in [2.75, 3.05) is 25.6 Å². The summed E-state index contributed by atoms with van der Waals surface area (Å²) < 4.78 is 55.3. The minimum absolute atomic E-state index is 0.0387. The average molecular weight is 509 g/mol. The van der Waals surface area contributed by atoms with E-state index in [-0.39, 0.29) is 25.3 Å². The lowest BCUT2D eigenvalue weighted by atomic mass is 9.90. The van der Waals surface area contributed by atoms with E-state index in [1.165, 1.54) is 36.2 Å². The molecule has 0 atom stereocenters. The van der Waals surface area contributed by atoms with Gasteiger partial charge in [-0.05, 0) is 72.7 Å². The molecule has 0 spiro atoms. The summed E-state index contributed by atoms with van der Waals surface area (Å²) in [5.74, 6) is -2.29. The van der Waals surface area contributed by atoms with Crippen LogP contribution in [0.1, 0.15) is 37.0 Å². The highest BCUT2D eigenvalue weighted by atomic mass is 19.4. The van der Waals surface area contributed by atoms with E-state index < -0.39 is 18.1 Å². The number of benzene rings is 2. The van der Waals surface area contributed by atoms with E-state index in [1.54, 1.807) is 0 Å². The molecule has 0 radical (unpaired) electrons. The largest absolute Gasteiger partial charge is 0.573 e. The molecule has 0 saturated heterocycles. The molecule has 0 aliphatic rings. The number of halogens is 4. The van der Waals surface area contributed by atoms with Crippen molar-refractivity contribution in [1.29, 1.82) is 0 Å². The Morgan fingerprint density at radius 3 is 2.31 bits per heavy atom. The first-order valence-electron chi connectivity index (χ1n) is 11.4. The average Bonchev–Trinajstić information content (AvgIpc) is 2.79. The minimum atomic E-state index is -4.80. The Morgan fingerprint density at radius 2 is 1.81 bits per heavy atom. The number of carbonyl (C=O) groups is 1. The van der Waals surface area contributed by atoms with Crippen LogP contribution in [-0.2, 0) is 17.8 Å². The number of allylic oxidation sites excluding steroid dienone is 1. The molecule has 196 valence electrons. The third-order valence-corrected chi connectivity index (χ3v) is 5.82. The number of hydrogen-bond donors (Lipinski definition) is 1. The van der Waals surface area contributed by atoms with Crippen molar-refractivity contribution < 1.29 is 32.2 Å². The standard InChI is InChI=1S/C27H32F4N2O3/c1-7-17(2)15-32(5)25-18(3)24(20-8-10-22(11-9-20)36-27(29,30)31)14-21(23(25)12-13-34)16-33(6)26(35)19(4)28/h8-11,14-15,34H,4,7,12-13,16H2,1-3,5-6H3/b17-15+. The number of ether oxygens (including phenoxy) is 1. The summed E-state index contributed by atoms with van der Waals surface area (Å²) in [6.07, 6.45) is -1.73. The fourth-order valence-electron chi connectivity index (χ4n) is 4.04. The van der Waals surface area contributed by atoms with Crippen LogP contribution < -0.4 is 9.64 Å². The molecule has 0 aliphatic carbocycles. The summed E-state index contributed by atoms with van der Waals surface area (Å²) in [7, 11) is 3.32. The molecular formula is C27H32F4N2O3. The van der Waals surface area contributed by atoms with Gasteiger partial charge in [0.1, 0.15) is 5.75 Å². The molecule has 2 aromatic rings. The van der Waals surface area contributed by atoms with Crippen molar-refractivity contribution in [2.24, 2.45) is 0 Å². The van der Waals surface area contributed by atoms with E-state index in [4.69, 9.17) is 0 Å². The van der Waals surface area contributed by atoms with Gasteiger partial charge in [-0.2, -0.15) is 0 Å². The molecule has 0 saturated carbocycles. The maximum Gasteiger partial charge on any atom is 0.573 e. The molecule has 0 aliphatic heterocycles. The van der Waals surface area contributed by atoms with Crippen molar-refractivity contribution in [3.05, 3.63) is 71.2 Å². The number of aliphatic hydroxyl groups excluding tert-OH is 1. The van der Waals surface area contributed by atoms with Crippen molar-refractivity contribution in [1.82, 2.24) is 4.90 Å². The van der Waals surface area contributed by atoms with Gasteiger partial charge in [0, 0.05) is 39.1 Å². The van der Waals surface area contributed by atoms with Crippen LogP contribution in [0.25, 0.3) is 11.1 Å². The number of aliphatic hydroxyl groups is 1. The van der Waals surface area contributed by atoms with Gasteiger partial charge < -0.3 is 19.6 Å². The van der Waals surface area contributed by atoms with Crippen LogP contribution in [0.4, 0.5) is 23.2 Å². The Labute approximate surface area is 209 Å². The lowest BCUT2D eigenvalue weighted by Crippen LogP contribution is -2.27. The second-order valence-corrected chi connectivity index (χ2v) is 8.59. The zero-order chi connectivity index (χ0) is 27.2. The number of hydrogen-bond acceptors (Lipinski definition) is 4. The number of amides is 1. The summed E-state index contributed by atoms with van der Waals surface area (Å²) in [5.41, 5.74) is 5.53. The van der Waals surface area contributed by atoms with Crippen LogP contribution in [0, 0.1) is 6.92 Å². The highest BCUT2D eigenvalue weighted by molar-refractivity contribution is 5.90. The zero-order valence-corrected chi connectivity index (χ0v) is 21.2. The molecule has 0 bridgehead atoms. The molecule has 2 rings (SSSR count). The summed E-state index contributed by atoms with van der Waals surface area (Å²) in [5, 5.41) is 9.82. The summed E-state index contributed by atoms with van der Waals surface area (Å²) >= 11 is 0. The lowest BCUT2D eigenvalue weighted by Gasteiger charge is -2.28. The van der Waals surface area contributed by atoms with E-state index in [0.29, 0.717) is 11.1 Å². The van der Waals surface area contributed by atoms with Gasteiger partial charge in [-0.15, -0.1) is 13.2 Å². The Balaban J connectivity index is 2.74. The van der Waals surface area contributed by atoms with Crippen LogP contribution in [0.3, 0.4) is 0 Å². The van der Waals surface area contributed by atoms with E-state index in [1.807, 2.05) is 45.0 Å². The van der Waals surface area contributed by atoms with Crippen molar-refractivity contribution in [3.8, 4) is 16.9 Å². The first-order valence-corrected chi connectivity index (χ1v) is 11.4. The lowest BCUT2D eigenvalue weighted by molar-refractivity contribution is -0.274. The van der Waals surface area contributed by atoms with Gasteiger partial charge in [-0.25, -0.2) is 4.39 Å². The number of carbonyl (C=O) groups excluding carboxylic acids is 1. The zero-order valence-electron chi connectivity index (χ0n) is 21.2. The van der Waals surface area contributed by atoms with E-state index in [9.17, 15) is 27.5 Å². The molecule has 0 unspecified atom stereocenters. The molecule has 0 heterocycles. The molecule has 2 aromatic carbocycles. The van der Waals surface area contributed by atoms with E-state index in [2.05, 4.69) is 11.3 Å². The van der Waals surface area contributed by atoms with Crippen molar-refractivity contribution >= 4 is 11.6 Å². The third-order valence-electron chi connectivity index (χ3n) is 5.82. The van der Waals surface area contributed by atoms with Crippen LogP contribution in [0.15, 0.2) is 54.5 Å². The molecule has 0 fully saturated rings. The first kappa shape index (κ1) is 28.9. The van der Waals surface area contributed by atoms with Crippen LogP contribution in [-0.4, -0.2) is 43.0 Å². The van der Waals surface area contributed by atoms with Gasteiger partial charge >= 0.3 is 6.36 Å². The monoisotopic (exact) mass is 508 g/mol. The second kappa shape index (κ2) is 12.1. The van der Waals surface area contributed by atoms with Gasteiger partial charge in [0.05, 0.1) is 0 Å². The number of anilines is 1. The fourth-order valence-corrected chi connectivity index (χ4v) is 4.04. The maximum absolute atomic E-state index is 13.5. The molecule has 0 aromatic heterocycles. The number of rotatable bonds is 10. The van der Waals surface area contributed by atoms with E-state index >= 15 is 0 Å². The fraction of sp³-hybridized carbons (Fsp3) is 0.370. The maximum atomic E-state index is 13.5. The topological polar surface area (TPSA) is 53.0 Å². The molecule has 1 amide bonds. The molecule has 1 N–H and O–H groups in total. The Hall–Kier alpha value is -3.33. The van der Waals surface area contributed by atoms with Gasteiger partial charge in [0.25, 0.3) is 5.91 Å². The summed E-state index contributed by atoms with van der Waals surface area (Å²) in [6.45, 7) is 8.86. The Kier molecular flexibility index (Phi) is 9.69. The predicted octanol–water partition coefficient (Wildman–Crippen LogP) is 6.29. The SMILES string of the molecule is C=C(F)C(=O)N(C)Cc1cc(-c2ccc(OC(F)(F)F)cc2)c(C)c(N(C)/C=C(\C)CC)c1CCO. The van der Waals surface area contributed by atoms with Crippen molar-refractivity contribution in [2.45, 2.75) is 46.5 Å². The predicted molar refractivity (Wildman–Crippen MR) is 133 cm³/mol. The van der Waals surface area contributed by atoms with E-state index in [0.717, 1.165) is 34.4 Å². The molecule has 36 heavy (non-hydrogen) atoms. The Bertz CT molecular complexity index is 1130. The first-order chi connectivity index (χ1) is 16.8. The normalized spacial score (nSPS) is 11.9. The highest BCUT2D eigenvalue weighted by Crippen LogP contribution is 2.38. The number of nitrogens with zero attached hydrogens (tertiary/aromatic N) is 2. The van der Waals surface area contributed by atoms with Gasteiger partial charge in [-0.1, -0.05) is 31.2 Å².